The molecule has 2 aliphatic heterocycles. The first-order chi connectivity index (χ1) is 19.4. The van der Waals surface area contributed by atoms with E-state index in [1.165, 1.54) is 22.5 Å². The lowest BCUT2D eigenvalue weighted by Crippen LogP contribution is -2.42. The van der Waals surface area contributed by atoms with Crippen LogP contribution in [0, 0.1) is 19.8 Å². The maximum atomic E-state index is 12.8. The second-order valence-electron chi connectivity index (χ2n) is 11.5. The van der Waals surface area contributed by atoms with Crippen LogP contribution >= 0.6 is 0 Å². The van der Waals surface area contributed by atoms with Crippen molar-refractivity contribution in [3.8, 4) is 0 Å². The zero-order valence-corrected chi connectivity index (χ0v) is 24.8. The molecule has 2 saturated heterocycles. The molecule has 8 heteroatoms. The molecule has 8 nitrogen and oxygen atoms in total. The van der Waals surface area contributed by atoms with E-state index in [1.54, 1.807) is 0 Å². The Hall–Kier alpha value is -2.68. The Bertz CT molecular complexity index is 1240. The average Bonchev–Trinajstić information content (AvgIpc) is 3.48. The van der Waals surface area contributed by atoms with Gasteiger partial charge in [-0.15, -0.1) is 0 Å². The van der Waals surface area contributed by atoms with Crippen LogP contribution in [0.2, 0.25) is 0 Å². The van der Waals surface area contributed by atoms with Crippen molar-refractivity contribution >= 4 is 11.6 Å². The molecule has 2 fully saturated rings. The molecule has 2 aromatic rings. The Balaban J connectivity index is 0.000000161. The van der Waals surface area contributed by atoms with Gasteiger partial charge >= 0.3 is 0 Å². The van der Waals surface area contributed by atoms with E-state index in [4.69, 9.17) is 9.47 Å². The molecular formula is C32H46N4O4. The number of H-pyrrole nitrogens is 2. The summed E-state index contributed by atoms with van der Waals surface area (Å²) in [5.74, 6) is 0.749. The highest BCUT2D eigenvalue weighted by atomic mass is 16.5. The van der Waals surface area contributed by atoms with Crippen molar-refractivity contribution in [1.29, 1.82) is 0 Å². The van der Waals surface area contributed by atoms with Crippen molar-refractivity contribution in [2.24, 2.45) is 5.92 Å². The third-order valence-electron chi connectivity index (χ3n) is 8.99. The van der Waals surface area contributed by atoms with Gasteiger partial charge in [0.05, 0.1) is 26.4 Å². The first-order valence-electron chi connectivity index (χ1n) is 15.2. The minimum absolute atomic E-state index is 0.168. The summed E-state index contributed by atoms with van der Waals surface area (Å²) in [6.45, 7) is 16.1. The highest BCUT2D eigenvalue weighted by Crippen LogP contribution is 2.32. The molecule has 0 radical (unpaired) electrons. The number of hydrogen-bond donors (Lipinski definition) is 2. The number of Topliss-reactive ketones (excluding diaryl/α,β-unsaturated/α-hetero) is 2. The molecule has 1 unspecified atom stereocenters. The van der Waals surface area contributed by atoms with Gasteiger partial charge in [-0.2, -0.15) is 0 Å². The van der Waals surface area contributed by atoms with Crippen LogP contribution in [0.4, 0.5) is 0 Å². The van der Waals surface area contributed by atoms with Crippen LogP contribution in [-0.4, -0.2) is 90.5 Å². The van der Waals surface area contributed by atoms with E-state index < -0.39 is 0 Å². The Morgan fingerprint density at radius 3 is 2.00 bits per heavy atom. The zero-order valence-electron chi connectivity index (χ0n) is 24.8. The lowest BCUT2D eigenvalue weighted by atomic mass is 9.83. The Kier molecular flexibility index (Phi) is 9.28. The number of ether oxygens (including phenoxy) is 2. The van der Waals surface area contributed by atoms with Crippen LogP contribution in [0.15, 0.2) is 11.8 Å². The molecule has 4 heterocycles. The van der Waals surface area contributed by atoms with Crippen LogP contribution in [0.3, 0.4) is 0 Å². The maximum absolute atomic E-state index is 12.8. The van der Waals surface area contributed by atoms with Gasteiger partial charge in [-0.25, -0.2) is 0 Å². The van der Waals surface area contributed by atoms with E-state index in [0.29, 0.717) is 5.78 Å². The van der Waals surface area contributed by atoms with E-state index >= 15 is 0 Å². The highest BCUT2D eigenvalue weighted by molar-refractivity contribution is 6.11. The minimum atomic E-state index is 0.168. The number of hydrogen-bond acceptors (Lipinski definition) is 6. The number of aromatic amines is 2. The number of morpholine rings is 2. The molecule has 2 aromatic heterocycles. The van der Waals surface area contributed by atoms with Crippen molar-refractivity contribution in [2.75, 3.05) is 59.2 Å². The number of nitrogens with zero attached hydrogens (tertiary/aromatic N) is 2. The molecule has 218 valence electrons. The summed E-state index contributed by atoms with van der Waals surface area (Å²) in [5, 5.41) is 0. The fraction of sp³-hybridized carbons (Fsp3) is 0.625. The predicted molar refractivity (Wildman–Crippen MR) is 156 cm³/mol. The van der Waals surface area contributed by atoms with Crippen molar-refractivity contribution in [3.63, 3.8) is 0 Å². The molecule has 0 bridgehead atoms. The van der Waals surface area contributed by atoms with Crippen LogP contribution < -0.4 is 0 Å². The molecule has 6 rings (SSSR count). The van der Waals surface area contributed by atoms with Gasteiger partial charge in [-0.05, 0) is 63.5 Å². The van der Waals surface area contributed by atoms with Gasteiger partial charge in [0.25, 0.3) is 0 Å². The van der Waals surface area contributed by atoms with Gasteiger partial charge in [0.2, 0.25) is 0 Å². The van der Waals surface area contributed by atoms with Gasteiger partial charge in [-0.1, -0.05) is 13.8 Å². The smallest absolute Gasteiger partial charge is 0.192 e. The van der Waals surface area contributed by atoms with Gasteiger partial charge < -0.3 is 24.3 Å². The van der Waals surface area contributed by atoms with Crippen molar-refractivity contribution in [2.45, 2.75) is 66.2 Å². The second-order valence-corrected chi connectivity index (χ2v) is 11.5. The zero-order chi connectivity index (χ0) is 28.2. The molecule has 2 aliphatic carbocycles. The number of aryl methyl sites for hydroxylation is 4. The number of rotatable bonds is 5. The van der Waals surface area contributed by atoms with Crippen LogP contribution in [0.5, 0.6) is 0 Å². The molecule has 0 amide bonds. The Labute approximate surface area is 238 Å². The third kappa shape index (κ3) is 5.99. The van der Waals surface area contributed by atoms with Crippen LogP contribution in [-0.2, 0) is 35.2 Å². The van der Waals surface area contributed by atoms with Gasteiger partial charge in [0, 0.05) is 84.3 Å². The number of nitrogens with one attached hydrogen (secondary N) is 2. The largest absolute Gasteiger partial charge is 0.379 e. The summed E-state index contributed by atoms with van der Waals surface area (Å²) in [6, 6.07) is 0. The lowest BCUT2D eigenvalue weighted by Gasteiger charge is -2.31. The number of allylic oxidation sites excluding steroid dienone is 1. The van der Waals surface area contributed by atoms with Gasteiger partial charge in [0.15, 0.2) is 11.6 Å². The summed E-state index contributed by atoms with van der Waals surface area (Å²) >= 11 is 0. The predicted octanol–water partition coefficient (Wildman–Crippen LogP) is 4.19. The second kappa shape index (κ2) is 12.9. The number of aromatic nitrogens is 2. The fourth-order valence-electron chi connectivity index (χ4n) is 6.81. The molecule has 4 aliphatic rings. The summed E-state index contributed by atoms with van der Waals surface area (Å²) in [5.41, 5.74) is 9.95. The maximum Gasteiger partial charge on any atom is 0.192 e. The normalized spacial score (nSPS) is 22.6. The van der Waals surface area contributed by atoms with E-state index in [-0.39, 0.29) is 11.7 Å². The van der Waals surface area contributed by atoms with E-state index in [2.05, 4.69) is 53.7 Å². The van der Waals surface area contributed by atoms with Crippen LogP contribution in [0.1, 0.15) is 81.3 Å². The number of ketones is 2. The quantitative estimate of drug-likeness (QED) is 0.543. The standard InChI is InChI=1S/C16H24N2O2.C16H22N2O2/c2*1-3-13-11(2)17-14-5-4-12(16(19)15(13)14)10-18-6-8-20-9-7-18/h12,17H,3-10H2,1-2H3;10,17H,3-9H2,1-2H3/b;12-10-. The molecule has 40 heavy (non-hydrogen) atoms. The molecule has 0 aromatic carbocycles. The highest BCUT2D eigenvalue weighted by Gasteiger charge is 2.33. The van der Waals surface area contributed by atoms with Crippen molar-refractivity contribution < 1.29 is 19.1 Å². The average molecular weight is 551 g/mol. The lowest BCUT2D eigenvalue weighted by molar-refractivity contribution is 0.0291. The first kappa shape index (κ1) is 28.8. The summed E-state index contributed by atoms with van der Waals surface area (Å²) in [7, 11) is 0. The molecule has 0 saturated carbocycles. The van der Waals surface area contributed by atoms with Crippen molar-refractivity contribution in [1.82, 2.24) is 19.8 Å². The fourth-order valence-corrected chi connectivity index (χ4v) is 6.81. The van der Waals surface area contributed by atoms with E-state index in [0.717, 1.165) is 126 Å². The summed E-state index contributed by atoms with van der Waals surface area (Å²) in [4.78, 5) is 36.9. The number of carbonyl (C=O) groups excluding carboxylic acids is 2. The minimum Gasteiger partial charge on any atom is -0.379 e. The Morgan fingerprint density at radius 2 is 1.38 bits per heavy atom. The molecule has 1 atom stereocenters. The molecule has 0 spiro atoms. The molecular weight excluding hydrogens is 504 g/mol. The molecule has 2 N–H and O–H groups in total. The van der Waals surface area contributed by atoms with E-state index in [9.17, 15) is 9.59 Å². The van der Waals surface area contributed by atoms with Crippen LogP contribution in [0.25, 0.3) is 0 Å². The monoisotopic (exact) mass is 550 g/mol. The van der Waals surface area contributed by atoms with E-state index in [1.807, 2.05) is 0 Å². The third-order valence-corrected chi connectivity index (χ3v) is 8.99. The SMILES string of the molecule is CCc1c(C)[nH]c2c1C(=O)/C(=C\N1CCOCC1)CC2.CCc1c(C)[nH]c2c1C(=O)C(CN1CCOCC1)CC2. The summed E-state index contributed by atoms with van der Waals surface area (Å²) < 4.78 is 10.7. The Morgan fingerprint density at radius 1 is 0.800 bits per heavy atom. The van der Waals surface area contributed by atoms with Gasteiger partial charge in [-0.3, -0.25) is 14.5 Å². The number of fused-ring (bicyclic) bond motifs is 2. The summed E-state index contributed by atoms with van der Waals surface area (Å²) in [6.07, 6.45) is 7.69. The van der Waals surface area contributed by atoms with Crippen molar-refractivity contribution in [3.05, 3.63) is 56.8 Å². The van der Waals surface area contributed by atoms with Gasteiger partial charge in [0.1, 0.15) is 0 Å². The topological polar surface area (TPSA) is 90.7 Å². The number of carbonyl (C=O) groups is 2. The first-order valence-corrected chi connectivity index (χ1v) is 15.2.